The molecule has 0 aromatic carbocycles. The van der Waals surface area contributed by atoms with Crippen LogP contribution >= 0.6 is 0 Å². The van der Waals surface area contributed by atoms with Crippen molar-refractivity contribution in [3.8, 4) is 0 Å². The predicted molar refractivity (Wildman–Crippen MR) is 58.1 cm³/mol. The van der Waals surface area contributed by atoms with E-state index in [4.69, 9.17) is 5.11 Å². The van der Waals surface area contributed by atoms with Gasteiger partial charge >= 0.3 is 0 Å². The van der Waals surface area contributed by atoms with E-state index in [0.717, 1.165) is 6.42 Å². The van der Waals surface area contributed by atoms with Crippen LogP contribution in [0.4, 0.5) is 10.2 Å². The summed E-state index contributed by atoms with van der Waals surface area (Å²) in [6.07, 6.45) is 0.828. The molecule has 0 saturated carbocycles. The number of aromatic nitrogens is 1. The molecule has 0 saturated heterocycles. The van der Waals surface area contributed by atoms with Crippen LogP contribution in [0.5, 0.6) is 0 Å². The predicted octanol–water partition coefficient (Wildman–Crippen LogP) is 2.04. The lowest BCUT2D eigenvalue weighted by atomic mass is 10.0. The average Bonchev–Trinajstić information content (AvgIpc) is 2.16. The summed E-state index contributed by atoms with van der Waals surface area (Å²) in [5, 5.41) is 12.1. The molecule has 84 valence electrons. The van der Waals surface area contributed by atoms with Crippen LogP contribution in [0.25, 0.3) is 0 Å². The number of nitrogens with one attached hydrogen (secondary N) is 1. The van der Waals surface area contributed by atoms with Gasteiger partial charge in [0.05, 0.1) is 12.6 Å². The number of pyridine rings is 1. The van der Waals surface area contributed by atoms with Crippen molar-refractivity contribution in [2.24, 2.45) is 5.92 Å². The Morgan fingerprint density at radius 3 is 2.73 bits per heavy atom. The normalized spacial score (nSPS) is 12.9. The Bertz CT molecular complexity index is 304. The summed E-state index contributed by atoms with van der Waals surface area (Å²) in [5.74, 6) is 0.430. The van der Waals surface area contributed by atoms with E-state index in [1.165, 1.54) is 6.07 Å². The van der Waals surface area contributed by atoms with E-state index >= 15 is 0 Å². The largest absolute Gasteiger partial charge is 0.394 e. The van der Waals surface area contributed by atoms with Gasteiger partial charge in [0.2, 0.25) is 5.95 Å². The summed E-state index contributed by atoms with van der Waals surface area (Å²) in [7, 11) is 0. The van der Waals surface area contributed by atoms with Crippen LogP contribution in [0.3, 0.4) is 0 Å². The minimum absolute atomic E-state index is 0.0242. The number of rotatable bonds is 5. The number of nitrogens with zero attached hydrogens (tertiary/aromatic N) is 1. The molecule has 0 bridgehead atoms. The van der Waals surface area contributed by atoms with Crippen LogP contribution in [0.2, 0.25) is 0 Å². The Kier molecular flexibility index (Phi) is 4.49. The second-order valence-electron chi connectivity index (χ2n) is 4.00. The SMILES string of the molecule is CC(C)C[C@@H](CO)Nc1cccc(F)n1. The molecule has 1 heterocycles. The summed E-state index contributed by atoms with van der Waals surface area (Å²) in [6, 6.07) is 4.50. The fourth-order valence-corrected chi connectivity index (χ4v) is 1.45. The summed E-state index contributed by atoms with van der Waals surface area (Å²) >= 11 is 0. The zero-order valence-corrected chi connectivity index (χ0v) is 9.07. The van der Waals surface area contributed by atoms with Gasteiger partial charge in [-0.15, -0.1) is 0 Å². The summed E-state index contributed by atoms with van der Waals surface area (Å²) in [6.45, 7) is 4.17. The first-order valence-electron chi connectivity index (χ1n) is 5.11. The highest BCUT2D eigenvalue weighted by Crippen LogP contribution is 2.11. The molecular weight excluding hydrogens is 195 g/mol. The molecular formula is C11H17FN2O. The van der Waals surface area contributed by atoms with Crippen molar-refractivity contribution >= 4 is 5.82 Å². The van der Waals surface area contributed by atoms with Gasteiger partial charge in [0.1, 0.15) is 5.82 Å². The molecule has 0 amide bonds. The molecule has 1 rings (SSSR count). The Balaban J connectivity index is 2.58. The van der Waals surface area contributed by atoms with E-state index in [9.17, 15) is 4.39 Å². The number of halogens is 1. The highest BCUT2D eigenvalue weighted by Gasteiger charge is 2.10. The van der Waals surface area contributed by atoms with Crippen LogP contribution in [-0.4, -0.2) is 22.7 Å². The van der Waals surface area contributed by atoms with Crippen LogP contribution in [0.1, 0.15) is 20.3 Å². The van der Waals surface area contributed by atoms with Gasteiger partial charge in [-0.25, -0.2) is 4.98 Å². The van der Waals surface area contributed by atoms with Crippen LogP contribution in [0.15, 0.2) is 18.2 Å². The van der Waals surface area contributed by atoms with Crippen LogP contribution < -0.4 is 5.32 Å². The fourth-order valence-electron chi connectivity index (χ4n) is 1.45. The second kappa shape index (κ2) is 5.66. The molecule has 0 aliphatic heterocycles. The first-order chi connectivity index (χ1) is 7.11. The quantitative estimate of drug-likeness (QED) is 0.734. The van der Waals surface area contributed by atoms with Gasteiger partial charge in [-0.1, -0.05) is 19.9 Å². The van der Waals surface area contributed by atoms with E-state index < -0.39 is 5.95 Å². The van der Waals surface area contributed by atoms with Gasteiger partial charge in [-0.3, -0.25) is 0 Å². The second-order valence-corrected chi connectivity index (χ2v) is 4.00. The van der Waals surface area contributed by atoms with Crippen molar-refractivity contribution in [1.29, 1.82) is 0 Å². The van der Waals surface area contributed by atoms with E-state index in [2.05, 4.69) is 24.1 Å². The number of hydrogen-bond donors (Lipinski definition) is 2. The number of aliphatic hydroxyl groups is 1. The molecule has 2 N–H and O–H groups in total. The molecule has 0 unspecified atom stereocenters. The molecule has 3 nitrogen and oxygen atoms in total. The van der Waals surface area contributed by atoms with Crippen molar-refractivity contribution in [2.45, 2.75) is 26.3 Å². The third-order valence-corrected chi connectivity index (χ3v) is 2.04. The Morgan fingerprint density at radius 1 is 1.47 bits per heavy atom. The molecule has 1 atom stereocenters. The van der Waals surface area contributed by atoms with Gasteiger partial charge in [-0.2, -0.15) is 4.39 Å². The first kappa shape index (κ1) is 11.9. The molecule has 0 fully saturated rings. The molecule has 1 aromatic rings. The van der Waals surface area contributed by atoms with Crippen molar-refractivity contribution in [2.75, 3.05) is 11.9 Å². The Morgan fingerprint density at radius 2 is 2.20 bits per heavy atom. The van der Waals surface area contributed by atoms with E-state index in [1.807, 2.05) is 0 Å². The minimum atomic E-state index is -0.513. The standard InChI is InChI=1S/C11H17FN2O/c1-8(2)6-9(7-15)13-11-5-3-4-10(12)14-11/h3-5,8-9,15H,6-7H2,1-2H3,(H,13,14)/t9-/m0/s1. The third-order valence-electron chi connectivity index (χ3n) is 2.04. The van der Waals surface area contributed by atoms with Gasteiger partial charge in [0, 0.05) is 0 Å². The van der Waals surface area contributed by atoms with E-state index in [0.29, 0.717) is 11.7 Å². The number of aliphatic hydroxyl groups excluding tert-OH is 1. The highest BCUT2D eigenvalue weighted by molar-refractivity contribution is 5.34. The molecule has 0 aliphatic rings. The average molecular weight is 212 g/mol. The lowest BCUT2D eigenvalue weighted by Crippen LogP contribution is -2.26. The zero-order chi connectivity index (χ0) is 11.3. The summed E-state index contributed by atoms with van der Waals surface area (Å²) in [5.41, 5.74) is 0. The maximum absolute atomic E-state index is 12.8. The zero-order valence-electron chi connectivity index (χ0n) is 9.07. The van der Waals surface area contributed by atoms with Crippen LogP contribution in [0, 0.1) is 11.9 Å². The Labute approximate surface area is 89.4 Å². The number of hydrogen-bond acceptors (Lipinski definition) is 3. The topological polar surface area (TPSA) is 45.1 Å². The molecule has 0 spiro atoms. The monoisotopic (exact) mass is 212 g/mol. The highest BCUT2D eigenvalue weighted by atomic mass is 19.1. The van der Waals surface area contributed by atoms with Crippen molar-refractivity contribution < 1.29 is 9.50 Å². The van der Waals surface area contributed by atoms with E-state index in [1.54, 1.807) is 12.1 Å². The maximum Gasteiger partial charge on any atom is 0.214 e. The first-order valence-corrected chi connectivity index (χ1v) is 5.11. The lowest BCUT2D eigenvalue weighted by molar-refractivity contribution is 0.259. The maximum atomic E-state index is 12.8. The van der Waals surface area contributed by atoms with Gasteiger partial charge in [-0.05, 0) is 24.5 Å². The smallest absolute Gasteiger partial charge is 0.214 e. The van der Waals surface area contributed by atoms with Crippen molar-refractivity contribution in [3.63, 3.8) is 0 Å². The fraction of sp³-hybridized carbons (Fsp3) is 0.545. The number of anilines is 1. The molecule has 0 radical (unpaired) electrons. The molecule has 4 heteroatoms. The lowest BCUT2D eigenvalue weighted by Gasteiger charge is -2.18. The van der Waals surface area contributed by atoms with Gasteiger partial charge < -0.3 is 10.4 Å². The van der Waals surface area contributed by atoms with Crippen LogP contribution in [-0.2, 0) is 0 Å². The van der Waals surface area contributed by atoms with Crippen molar-refractivity contribution in [1.82, 2.24) is 4.98 Å². The minimum Gasteiger partial charge on any atom is -0.394 e. The van der Waals surface area contributed by atoms with Gasteiger partial charge in [0.15, 0.2) is 0 Å². The summed E-state index contributed by atoms with van der Waals surface area (Å²) < 4.78 is 12.8. The summed E-state index contributed by atoms with van der Waals surface area (Å²) in [4.78, 5) is 3.68. The molecule has 0 aliphatic carbocycles. The Hall–Kier alpha value is -1.16. The van der Waals surface area contributed by atoms with Crippen molar-refractivity contribution in [3.05, 3.63) is 24.1 Å². The van der Waals surface area contributed by atoms with E-state index in [-0.39, 0.29) is 12.6 Å². The molecule has 1 aromatic heterocycles. The van der Waals surface area contributed by atoms with Gasteiger partial charge in [0.25, 0.3) is 0 Å². The third kappa shape index (κ3) is 4.25. The molecule has 15 heavy (non-hydrogen) atoms.